The molecule has 1 aliphatic heterocycles. The van der Waals surface area contributed by atoms with Gasteiger partial charge in [-0.1, -0.05) is 289 Å². The van der Waals surface area contributed by atoms with Crippen LogP contribution in [0.1, 0.15) is 323 Å². The summed E-state index contributed by atoms with van der Waals surface area (Å²) in [6.07, 6.45) is 53.6. The minimum absolute atomic E-state index is 0.122. The standard InChI is InChI=1S/C66H125NO10/c1-4-7-10-13-16-19-22-25-27-28-29-30-31-33-35-38-41-44-47-50-53-59(70)65(74)67-57(58(69)52-49-46-43-40-37-34-24-21-18-15-12-9-6-3)56-75-66-64(63(73)62(72)60(55-68)76-66)77-61(71)54-51-48-45-42-39-36-32-26-23-20-17-14-11-8-5-2/h20,23,49,52,57-60,62-64,66,68-70,72-73H,4-19,21-22,24-48,50-51,53-56H2,1-3H3,(H,67,74)/b23-20-,52-49+. The van der Waals surface area contributed by atoms with Gasteiger partial charge in [-0.25, -0.2) is 0 Å². The topological polar surface area (TPSA) is 175 Å². The Morgan fingerprint density at radius 1 is 0.494 bits per heavy atom. The van der Waals surface area contributed by atoms with E-state index >= 15 is 0 Å². The molecule has 1 fully saturated rings. The predicted molar refractivity (Wildman–Crippen MR) is 320 cm³/mol. The number of unbranched alkanes of at least 4 members (excludes halogenated alkanes) is 41. The van der Waals surface area contributed by atoms with Gasteiger partial charge >= 0.3 is 5.97 Å². The van der Waals surface area contributed by atoms with E-state index in [9.17, 15) is 35.1 Å². The van der Waals surface area contributed by atoms with E-state index in [4.69, 9.17) is 14.2 Å². The van der Waals surface area contributed by atoms with Crippen molar-refractivity contribution < 1.29 is 49.3 Å². The highest BCUT2D eigenvalue weighted by molar-refractivity contribution is 5.80. The fourth-order valence-electron chi connectivity index (χ4n) is 10.6. The Morgan fingerprint density at radius 2 is 0.857 bits per heavy atom. The van der Waals surface area contributed by atoms with E-state index in [1.54, 1.807) is 6.08 Å². The molecule has 0 radical (unpaired) electrons. The van der Waals surface area contributed by atoms with Crippen molar-refractivity contribution in [2.75, 3.05) is 13.2 Å². The monoisotopic (exact) mass is 1090 g/mol. The minimum atomic E-state index is -1.61. The van der Waals surface area contributed by atoms with Crippen LogP contribution >= 0.6 is 0 Å². The highest BCUT2D eigenvalue weighted by Gasteiger charge is 2.47. The fraction of sp³-hybridized carbons (Fsp3) is 0.909. The molecule has 0 aromatic carbocycles. The third-order valence-electron chi connectivity index (χ3n) is 15.9. The van der Waals surface area contributed by atoms with Gasteiger partial charge < -0.3 is 45.1 Å². The maximum absolute atomic E-state index is 13.5. The summed E-state index contributed by atoms with van der Waals surface area (Å²) >= 11 is 0. The summed E-state index contributed by atoms with van der Waals surface area (Å²) in [7, 11) is 0. The molecule has 454 valence electrons. The summed E-state index contributed by atoms with van der Waals surface area (Å²) in [6.45, 7) is 5.82. The first-order valence-corrected chi connectivity index (χ1v) is 33.1. The molecule has 1 rings (SSSR count). The Hall–Kier alpha value is -1.86. The second-order valence-electron chi connectivity index (χ2n) is 23.2. The Morgan fingerprint density at radius 3 is 1.27 bits per heavy atom. The number of aliphatic hydroxyl groups excluding tert-OH is 5. The van der Waals surface area contributed by atoms with Gasteiger partial charge in [-0.3, -0.25) is 9.59 Å². The summed E-state index contributed by atoms with van der Waals surface area (Å²) in [5, 5.41) is 57.1. The molecule has 8 unspecified atom stereocenters. The summed E-state index contributed by atoms with van der Waals surface area (Å²) < 4.78 is 17.6. The van der Waals surface area contributed by atoms with Gasteiger partial charge in [-0.15, -0.1) is 0 Å². The van der Waals surface area contributed by atoms with E-state index in [2.05, 4.69) is 38.2 Å². The van der Waals surface area contributed by atoms with Crippen LogP contribution in [-0.2, 0) is 23.8 Å². The molecule has 11 nitrogen and oxygen atoms in total. The van der Waals surface area contributed by atoms with E-state index in [1.807, 2.05) is 6.08 Å². The van der Waals surface area contributed by atoms with Crippen LogP contribution < -0.4 is 5.32 Å². The zero-order valence-corrected chi connectivity index (χ0v) is 50.4. The number of nitrogens with one attached hydrogen (secondary N) is 1. The molecule has 77 heavy (non-hydrogen) atoms. The van der Waals surface area contributed by atoms with Crippen molar-refractivity contribution in [2.45, 2.75) is 372 Å². The molecular weight excluding hydrogens is 967 g/mol. The SMILES string of the molecule is CCCCCC/C=C\CCCCCCCCCC(=O)OC1C(OCC(NC(=O)C(O)CCCCCCCCCCCCCCCCCCCCCC)C(O)/C=C/CCCCCCCCCCCCC)OC(CO)C(O)C1O. The molecule has 1 heterocycles. The number of hydrogen-bond donors (Lipinski definition) is 6. The molecule has 0 saturated carbocycles. The number of esters is 1. The van der Waals surface area contributed by atoms with Gasteiger partial charge in [0.25, 0.3) is 0 Å². The maximum atomic E-state index is 13.5. The van der Waals surface area contributed by atoms with Gasteiger partial charge in [0, 0.05) is 6.42 Å². The van der Waals surface area contributed by atoms with Crippen molar-refractivity contribution in [2.24, 2.45) is 0 Å². The summed E-state index contributed by atoms with van der Waals surface area (Å²) in [5.74, 6) is -1.18. The van der Waals surface area contributed by atoms with Crippen molar-refractivity contribution in [3.05, 3.63) is 24.3 Å². The average Bonchev–Trinajstić information content (AvgIpc) is 3.43. The van der Waals surface area contributed by atoms with E-state index in [0.717, 1.165) is 70.6 Å². The summed E-state index contributed by atoms with van der Waals surface area (Å²) in [4.78, 5) is 26.6. The molecule has 8 atom stereocenters. The van der Waals surface area contributed by atoms with Gasteiger partial charge in [0.1, 0.15) is 24.4 Å². The minimum Gasteiger partial charge on any atom is -0.454 e. The number of rotatable bonds is 57. The zero-order valence-electron chi connectivity index (χ0n) is 50.4. The van der Waals surface area contributed by atoms with Gasteiger partial charge in [0.2, 0.25) is 5.91 Å². The number of amides is 1. The third-order valence-corrected chi connectivity index (χ3v) is 15.9. The first kappa shape index (κ1) is 73.2. The van der Waals surface area contributed by atoms with E-state index in [-0.39, 0.29) is 13.0 Å². The lowest BCUT2D eigenvalue weighted by atomic mass is 9.99. The lowest BCUT2D eigenvalue weighted by Gasteiger charge is -2.41. The predicted octanol–water partition coefficient (Wildman–Crippen LogP) is 16.1. The van der Waals surface area contributed by atoms with Crippen LogP contribution in [0.25, 0.3) is 0 Å². The van der Waals surface area contributed by atoms with Crippen LogP contribution in [-0.4, -0.2) is 99.6 Å². The zero-order chi connectivity index (χ0) is 56.1. The quantitative estimate of drug-likeness (QED) is 0.0195. The number of ether oxygens (including phenoxy) is 3. The first-order chi connectivity index (χ1) is 37.7. The maximum Gasteiger partial charge on any atom is 0.306 e. The Balaban J connectivity index is 2.64. The van der Waals surface area contributed by atoms with Gasteiger partial charge in [-0.2, -0.15) is 0 Å². The van der Waals surface area contributed by atoms with Crippen molar-refractivity contribution in [3.8, 4) is 0 Å². The smallest absolute Gasteiger partial charge is 0.306 e. The van der Waals surface area contributed by atoms with Crippen molar-refractivity contribution in [1.82, 2.24) is 5.32 Å². The normalized spacial score (nSPS) is 19.1. The lowest BCUT2D eigenvalue weighted by Crippen LogP contribution is -2.61. The van der Waals surface area contributed by atoms with Gasteiger partial charge in [0.05, 0.1) is 25.4 Å². The number of carbonyl (C=O) groups excluding carboxylic acids is 2. The Bertz CT molecular complexity index is 1350. The average molecular weight is 1090 g/mol. The molecule has 1 amide bonds. The molecular formula is C66H125NO10. The molecule has 0 aliphatic carbocycles. The summed E-state index contributed by atoms with van der Waals surface area (Å²) in [5.41, 5.74) is 0. The van der Waals surface area contributed by atoms with Crippen molar-refractivity contribution in [3.63, 3.8) is 0 Å². The summed E-state index contributed by atoms with van der Waals surface area (Å²) in [6, 6.07) is -1.02. The molecule has 11 heteroatoms. The highest BCUT2D eigenvalue weighted by atomic mass is 16.7. The van der Waals surface area contributed by atoms with Crippen molar-refractivity contribution >= 4 is 11.9 Å². The lowest BCUT2D eigenvalue weighted by molar-refractivity contribution is -0.305. The van der Waals surface area contributed by atoms with E-state index < -0.39 is 67.4 Å². The van der Waals surface area contributed by atoms with E-state index in [0.29, 0.717) is 19.3 Å². The first-order valence-electron chi connectivity index (χ1n) is 33.1. The number of carbonyl (C=O) groups is 2. The molecule has 6 N–H and O–H groups in total. The number of allylic oxidation sites excluding steroid dienone is 3. The molecule has 0 aromatic rings. The van der Waals surface area contributed by atoms with Crippen LogP contribution in [0, 0.1) is 0 Å². The number of hydrogen-bond acceptors (Lipinski definition) is 10. The molecule has 0 aromatic heterocycles. The molecule has 0 bridgehead atoms. The number of aliphatic hydroxyl groups is 5. The van der Waals surface area contributed by atoms with Gasteiger partial charge in [-0.05, 0) is 51.4 Å². The Labute approximate surface area is 473 Å². The van der Waals surface area contributed by atoms with Crippen LogP contribution in [0.4, 0.5) is 0 Å². The molecule has 1 saturated heterocycles. The van der Waals surface area contributed by atoms with Crippen LogP contribution in [0.2, 0.25) is 0 Å². The fourth-order valence-corrected chi connectivity index (χ4v) is 10.6. The second-order valence-corrected chi connectivity index (χ2v) is 23.2. The molecule has 1 aliphatic rings. The van der Waals surface area contributed by atoms with Crippen molar-refractivity contribution in [1.29, 1.82) is 0 Å². The second kappa shape index (κ2) is 54.7. The Kier molecular flexibility index (Phi) is 52.0. The van der Waals surface area contributed by atoms with Gasteiger partial charge in [0.15, 0.2) is 12.4 Å². The van der Waals surface area contributed by atoms with Crippen LogP contribution in [0.15, 0.2) is 24.3 Å². The largest absolute Gasteiger partial charge is 0.454 e. The van der Waals surface area contributed by atoms with E-state index in [1.165, 1.54) is 205 Å². The van der Waals surface area contributed by atoms with Crippen LogP contribution in [0.5, 0.6) is 0 Å². The van der Waals surface area contributed by atoms with Crippen LogP contribution in [0.3, 0.4) is 0 Å². The highest BCUT2D eigenvalue weighted by Crippen LogP contribution is 2.26. The third kappa shape index (κ3) is 42.6. The molecule has 0 spiro atoms.